The highest BCUT2D eigenvalue weighted by Gasteiger charge is 2.27. The molecule has 22 heavy (non-hydrogen) atoms. The Bertz CT molecular complexity index is 248. The third-order valence-electron chi connectivity index (χ3n) is 5.30. The molecule has 4 nitrogen and oxygen atoms in total. The van der Waals surface area contributed by atoms with Crippen LogP contribution in [0, 0.1) is 0 Å². The average molecular weight is 317 g/mol. The molecule has 0 saturated heterocycles. The van der Waals surface area contributed by atoms with Gasteiger partial charge in [-0.05, 0) is 38.8 Å². The topological polar surface area (TPSA) is 46.9 Å². The Morgan fingerprint density at radius 3 is 1.05 bits per heavy atom. The van der Waals surface area contributed by atoms with E-state index in [2.05, 4.69) is 51.3 Å². The molecule has 0 atom stereocenters. The Balaban J connectivity index is 4.51. The van der Waals surface area contributed by atoms with Crippen molar-refractivity contribution in [2.45, 2.75) is 78.4 Å². The normalized spacial score (nSPS) is 13.4. The number of hydrogen-bond acceptors (Lipinski definition) is 4. The van der Waals surface area contributed by atoms with Crippen LogP contribution >= 0.6 is 0 Å². The number of rotatable bonds is 13. The molecule has 0 fully saturated rings. The zero-order valence-electron chi connectivity index (χ0n) is 15.9. The van der Waals surface area contributed by atoms with Crippen molar-refractivity contribution in [3.63, 3.8) is 0 Å². The fourth-order valence-electron chi connectivity index (χ4n) is 2.76. The van der Waals surface area contributed by atoms with Gasteiger partial charge in [-0.1, -0.05) is 41.5 Å². The van der Waals surface area contributed by atoms with Gasteiger partial charge in [0.1, 0.15) is 0 Å². The molecule has 0 aromatic rings. The molecule has 0 radical (unpaired) electrons. The largest absolute Gasteiger partial charge is 0.389 e. The molecule has 0 aliphatic rings. The van der Waals surface area contributed by atoms with Gasteiger partial charge in [0.25, 0.3) is 0 Å². The molecule has 0 aliphatic heterocycles. The molecular formula is C18H40N2O2. The molecule has 0 aromatic heterocycles. The van der Waals surface area contributed by atoms with Gasteiger partial charge in [-0.15, -0.1) is 0 Å². The van der Waals surface area contributed by atoms with Crippen LogP contribution in [0.25, 0.3) is 0 Å². The average Bonchev–Trinajstić information content (AvgIpc) is 2.56. The maximum absolute atomic E-state index is 10.5. The number of aliphatic hydroxyl groups is 2. The van der Waals surface area contributed by atoms with Crippen molar-refractivity contribution in [2.24, 2.45) is 0 Å². The highest BCUT2D eigenvalue weighted by molar-refractivity contribution is 4.82. The summed E-state index contributed by atoms with van der Waals surface area (Å²) in [6.07, 6.45) is 3.18. The summed E-state index contributed by atoms with van der Waals surface area (Å²) in [5, 5.41) is 21.0. The molecule has 2 N–H and O–H groups in total. The van der Waals surface area contributed by atoms with Crippen LogP contribution < -0.4 is 0 Å². The third-order valence-corrected chi connectivity index (χ3v) is 5.30. The second kappa shape index (κ2) is 10.6. The molecule has 0 amide bonds. The van der Waals surface area contributed by atoms with E-state index in [4.69, 9.17) is 0 Å². The van der Waals surface area contributed by atoms with E-state index < -0.39 is 11.2 Å². The lowest BCUT2D eigenvalue weighted by Gasteiger charge is -2.36. The Morgan fingerprint density at radius 2 is 0.864 bits per heavy atom. The fourth-order valence-corrected chi connectivity index (χ4v) is 2.76. The minimum absolute atomic E-state index is 0.569. The van der Waals surface area contributed by atoms with Gasteiger partial charge in [0.15, 0.2) is 0 Å². The summed E-state index contributed by atoms with van der Waals surface area (Å²) in [5.41, 5.74) is -1.14. The van der Waals surface area contributed by atoms with Crippen molar-refractivity contribution in [3.05, 3.63) is 0 Å². The Hall–Kier alpha value is -0.160. The Morgan fingerprint density at radius 1 is 0.591 bits per heavy atom. The second-order valence-corrected chi connectivity index (χ2v) is 6.60. The van der Waals surface area contributed by atoms with E-state index in [1.807, 2.05) is 0 Å². The maximum Gasteiger partial charge on any atom is 0.0768 e. The molecule has 4 heteroatoms. The van der Waals surface area contributed by atoms with Crippen molar-refractivity contribution < 1.29 is 10.2 Å². The summed E-state index contributed by atoms with van der Waals surface area (Å²) in [6.45, 7) is 17.8. The molecule has 0 unspecified atom stereocenters. The van der Waals surface area contributed by atoms with E-state index in [9.17, 15) is 10.2 Å². The zero-order valence-corrected chi connectivity index (χ0v) is 15.9. The summed E-state index contributed by atoms with van der Waals surface area (Å²) in [7, 11) is 0. The van der Waals surface area contributed by atoms with E-state index in [0.29, 0.717) is 0 Å². The Labute approximate surface area is 138 Å². The van der Waals surface area contributed by atoms with Crippen LogP contribution in [0.3, 0.4) is 0 Å². The Kier molecular flexibility index (Phi) is 10.5. The van der Waals surface area contributed by atoms with Crippen LogP contribution in [0.15, 0.2) is 0 Å². The highest BCUT2D eigenvalue weighted by atomic mass is 16.3. The van der Waals surface area contributed by atoms with Gasteiger partial charge in [0.2, 0.25) is 0 Å². The highest BCUT2D eigenvalue weighted by Crippen LogP contribution is 2.18. The summed E-state index contributed by atoms with van der Waals surface area (Å²) >= 11 is 0. The van der Waals surface area contributed by atoms with E-state index in [0.717, 1.165) is 65.0 Å². The molecule has 0 aliphatic carbocycles. The van der Waals surface area contributed by atoms with Crippen molar-refractivity contribution in [2.75, 3.05) is 39.3 Å². The van der Waals surface area contributed by atoms with E-state index in [1.165, 1.54) is 0 Å². The first-order valence-electron chi connectivity index (χ1n) is 9.21. The molecular weight excluding hydrogens is 276 g/mol. The van der Waals surface area contributed by atoms with Crippen LogP contribution in [0.4, 0.5) is 0 Å². The SMILES string of the molecule is CCN(CCN(CC)CC(O)(CC)CC)CC(O)(CC)CC. The quantitative estimate of drug-likeness (QED) is 0.548. The van der Waals surface area contributed by atoms with Gasteiger partial charge in [0.05, 0.1) is 11.2 Å². The van der Waals surface area contributed by atoms with Gasteiger partial charge < -0.3 is 10.2 Å². The number of likely N-dealkylation sites (N-methyl/N-ethyl adjacent to an activating group) is 2. The fraction of sp³-hybridized carbons (Fsp3) is 1.00. The maximum atomic E-state index is 10.5. The van der Waals surface area contributed by atoms with Crippen LogP contribution in [-0.2, 0) is 0 Å². The molecule has 0 aromatic carbocycles. The minimum atomic E-state index is -0.569. The van der Waals surface area contributed by atoms with E-state index in [-0.39, 0.29) is 0 Å². The first-order valence-corrected chi connectivity index (χ1v) is 9.21. The zero-order chi connectivity index (χ0) is 17.2. The van der Waals surface area contributed by atoms with Crippen LogP contribution in [0.2, 0.25) is 0 Å². The number of nitrogens with zero attached hydrogens (tertiary/aromatic N) is 2. The van der Waals surface area contributed by atoms with E-state index in [1.54, 1.807) is 0 Å². The molecule has 0 heterocycles. The molecule has 134 valence electrons. The molecule has 0 spiro atoms. The summed E-state index contributed by atoms with van der Waals surface area (Å²) in [5.74, 6) is 0. The first kappa shape index (κ1) is 21.8. The van der Waals surface area contributed by atoms with Crippen LogP contribution in [-0.4, -0.2) is 70.5 Å². The van der Waals surface area contributed by atoms with E-state index >= 15 is 0 Å². The van der Waals surface area contributed by atoms with Crippen molar-refractivity contribution in [3.8, 4) is 0 Å². The standard InChI is InChI=1S/C18H40N2O2/c1-7-17(21,8-2)15-19(11-5)13-14-20(12-6)16-18(22,9-3)10-4/h21-22H,7-16H2,1-6H3. The predicted octanol–water partition coefficient (Wildman–Crippen LogP) is 2.73. The predicted molar refractivity (Wildman–Crippen MR) is 95.3 cm³/mol. The van der Waals surface area contributed by atoms with Gasteiger partial charge >= 0.3 is 0 Å². The van der Waals surface area contributed by atoms with Gasteiger partial charge in [-0.3, -0.25) is 9.80 Å². The minimum Gasteiger partial charge on any atom is -0.389 e. The van der Waals surface area contributed by atoms with Crippen molar-refractivity contribution in [1.29, 1.82) is 0 Å². The lowest BCUT2D eigenvalue weighted by atomic mass is 9.96. The van der Waals surface area contributed by atoms with Crippen LogP contribution in [0.5, 0.6) is 0 Å². The lowest BCUT2D eigenvalue weighted by molar-refractivity contribution is -0.0162. The second-order valence-electron chi connectivity index (χ2n) is 6.60. The summed E-state index contributed by atoms with van der Waals surface area (Å²) in [6, 6.07) is 0. The monoisotopic (exact) mass is 316 g/mol. The van der Waals surface area contributed by atoms with Crippen LogP contribution in [0.1, 0.15) is 67.2 Å². The van der Waals surface area contributed by atoms with Gasteiger partial charge in [0, 0.05) is 26.2 Å². The number of hydrogen-bond donors (Lipinski definition) is 2. The third kappa shape index (κ3) is 7.40. The smallest absolute Gasteiger partial charge is 0.0768 e. The lowest BCUT2D eigenvalue weighted by Crippen LogP contribution is -2.47. The van der Waals surface area contributed by atoms with Gasteiger partial charge in [-0.25, -0.2) is 0 Å². The summed E-state index contributed by atoms with van der Waals surface area (Å²) < 4.78 is 0. The summed E-state index contributed by atoms with van der Waals surface area (Å²) in [4.78, 5) is 4.65. The first-order chi connectivity index (χ1) is 10.3. The molecule has 0 bridgehead atoms. The van der Waals surface area contributed by atoms with Crippen molar-refractivity contribution >= 4 is 0 Å². The molecule has 0 rings (SSSR count). The molecule has 0 saturated carbocycles. The van der Waals surface area contributed by atoms with Gasteiger partial charge in [-0.2, -0.15) is 0 Å². The van der Waals surface area contributed by atoms with Crippen molar-refractivity contribution in [1.82, 2.24) is 9.80 Å².